The summed E-state index contributed by atoms with van der Waals surface area (Å²) < 4.78 is 0. The van der Waals surface area contributed by atoms with Crippen molar-refractivity contribution in [1.82, 2.24) is 4.98 Å². The van der Waals surface area contributed by atoms with Crippen LogP contribution in [0.5, 0.6) is 0 Å². The summed E-state index contributed by atoms with van der Waals surface area (Å²) in [6, 6.07) is 26.1. The summed E-state index contributed by atoms with van der Waals surface area (Å²) >= 11 is 0. The Morgan fingerprint density at radius 1 is 0.708 bits per heavy atom. The van der Waals surface area contributed by atoms with E-state index in [9.17, 15) is 4.79 Å². The van der Waals surface area contributed by atoms with Gasteiger partial charge in [-0.2, -0.15) is 0 Å². The van der Waals surface area contributed by atoms with Gasteiger partial charge in [-0.1, -0.05) is 72.8 Å². The molecule has 0 N–H and O–H groups in total. The number of carbonyl (C=O) groups excluding carboxylic acids is 1. The van der Waals surface area contributed by atoms with Crippen molar-refractivity contribution in [3.05, 3.63) is 90.1 Å². The van der Waals surface area contributed by atoms with Crippen LogP contribution in [0.1, 0.15) is 22.5 Å². The molecule has 0 aliphatic carbocycles. The molecule has 0 saturated heterocycles. The lowest BCUT2D eigenvalue weighted by Gasteiger charge is -2.09. The Labute approximate surface area is 140 Å². The average molecular weight is 311 g/mol. The summed E-state index contributed by atoms with van der Waals surface area (Å²) in [7, 11) is 0. The van der Waals surface area contributed by atoms with Crippen molar-refractivity contribution in [3.63, 3.8) is 0 Å². The zero-order chi connectivity index (χ0) is 16.4. The van der Waals surface area contributed by atoms with Crippen LogP contribution < -0.4 is 0 Å². The number of hydrogen-bond acceptors (Lipinski definition) is 2. The first-order valence-corrected chi connectivity index (χ1v) is 8.17. The highest BCUT2D eigenvalue weighted by Crippen LogP contribution is 2.27. The molecule has 24 heavy (non-hydrogen) atoms. The molecule has 2 nitrogen and oxygen atoms in total. The van der Waals surface area contributed by atoms with Gasteiger partial charge in [0.05, 0.1) is 5.52 Å². The van der Waals surface area contributed by atoms with E-state index in [-0.39, 0.29) is 5.78 Å². The SMILES string of the molecule is O=C(CCc1ccccc1)c1nc2ccccc2c2ccccc12. The van der Waals surface area contributed by atoms with E-state index in [1.807, 2.05) is 54.6 Å². The Morgan fingerprint density at radius 3 is 2.12 bits per heavy atom. The fraction of sp³-hybridized carbons (Fsp3) is 0.0909. The van der Waals surface area contributed by atoms with Crippen LogP contribution in [0, 0.1) is 0 Å². The summed E-state index contributed by atoms with van der Waals surface area (Å²) in [6.07, 6.45) is 1.21. The molecule has 0 saturated carbocycles. The Hall–Kier alpha value is -3.00. The van der Waals surface area contributed by atoms with E-state index in [4.69, 9.17) is 0 Å². The molecule has 1 heterocycles. The van der Waals surface area contributed by atoms with Crippen LogP contribution in [0.3, 0.4) is 0 Å². The lowest BCUT2D eigenvalue weighted by molar-refractivity contribution is 0.0980. The van der Waals surface area contributed by atoms with Crippen molar-refractivity contribution >= 4 is 27.5 Å². The van der Waals surface area contributed by atoms with Crippen molar-refractivity contribution in [1.29, 1.82) is 0 Å². The van der Waals surface area contributed by atoms with Crippen LogP contribution in [-0.4, -0.2) is 10.8 Å². The molecule has 0 radical (unpaired) electrons. The van der Waals surface area contributed by atoms with E-state index in [2.05, 4.69) is 29.2 Å². The van der Waals surface area contributed by atoms with E-state index in [1.165, 1.54) is 5.56 Å². The van der Waals surface area contributed by atoms with Crippen molar-refractivity contribution in [3.8, 4) is 0 Å². The van der Waals surface area contributed by atoms with E-state index >= 15 is 0 Å². The molecule has 4 rings (SSSR count). The second-order valence-corrected chi connectivity index (χ2v) is 5.93. The number of aromatic nitrogens is 1. The lowest BCUT2D eigenvalue weighted by Crippen LogP contribution is -2.05. The number of para-hydroxylation sites is 1. The first-order valence-electron chi connectivity index (χ1n) is 8.17. The van der Waals surface area contributed by atoms with Gasteiger partial charge in [0.15, 0.2) is 5.78 Å². The van der Waals surface area contributed by atoms with Gasteiger partial charge in [0, 0.05) is 17.2 Å². The molecule has 0 fully saturated rings. The van der Waals surface area contributed by atoms with Gasteiger partial charge in [0.25, 0.3) is 0 Å². The van der Waals surface area contributed by atoms with Gasteiger partial charge in [-0.3, -0.25) is 4.79 Å². The molecule has 0 aliphatic rings. The fourth-order valence-corrected chi connectivity index (χ4v) is 3.14. The second kappa shape index (κ2) is 6.25. The highest BCUT2D eigenvalue weighted by atomic mass is 16.1. The molecule has 0 unspecified atom stereocenters. The monoisotopic (exact) mass is 311 g/mol. The zero-order valence-corrected chi connectivity index (χ0v) is 13.3. The van der Waals surface area contributed by atoms with Gasteiger partial charge >= 0.3 is 0 Å². The van der Waals surface area contributed by atoms with Gasteiger partial charge in [0.1, 0.15) is 5.69 Å². The van der Waals surface area contributed by atoms with E-state index in [1.54, 1.807) is 0 Å². The van der Waals surface area contributed by atoms with Gasteiger partial charge in [-0.05, 0) is 23.4 Å². The zero-order valence-electron chi connectivity index (χ0n) is 13.3. The molecule has 0 atom stereocenters. The van der Waals surface area contributed by atoms with Gasteiger partial charge < -0.3 is 0 Å². The van der Waals surface area contributed by atoms with Crippen LogP contribution in [0.4, 0.5) is 0 Å². The highest BCUT2D eigenvalue weighted by Gasteiger charge is 2.14. The molecule has 0 spiro atoms. The summed E-state index contributed by atoms with van der Waals surface area (Å²) in [5.74, 6) is 0.0980. The smallest absolute Gasteiger partial charge is 0.182 e. The predicted molar refractivity (Wildman–Crippen MR) is 98.3 cm³/mol. The van der Waals surface area contributed by atoms with Gasteiger partial charge in [0.2, 0.25) is 0 Å². The maximum absolute atomic E-state index is 12.8. The maximum atomic E-state index is 12.8. The average Bonchev–Trinajstić information content (AvgIpc) is 2.66. The van der Waals surface area contributed by atoms with E-state index in [0.717, 1.165) is 28.1 Å². The minimum atomic E-state index is 0.0980. The van der Waals surface area contributed by atoms with Crippen molar-refractivity contribution in [2.45, 2.75) is 12.8 Å². The van der Waals surface area contributed by atoms with E-state index in [0.29, 0.717) is 12.1 Å². The quantitative estimate of drug-likeness (QED) is 0.383. The Kier molecular flexibility index (Phi) is 3.80. The fourth-order valence-electron chi connectivity index (χ4n) is 3.14. The molecule has 1 aromatic heterocycles. The number of aryl methyl sites for hydroxylation is 1. The third-order valence-corrected chi connectivity index (χ3v) is 4.36. The molecular formula is C22H17NO. The van der Waals surface area contributed by atoms with Crippen molar-refractivity contribution in [2.24, 2.45) is 0 Å². The standard InChI is InChI=1S/C22H17NO/c24-21(15-14-16-8-2-1-3-9-16)22-19-12-5-4-10-17(19)18-11-6-7-13-20(18)23-22/h1-13H,14-15H2. The summed E-state index contributed by atoms with van der Waals surface area (Å²) in [6.45, 7) is 0. The number of hydrogen-bond donors (Lipinski definition) is 0. The summed E-state index contributed by atoms with van der Waals surface area (Å²) in [5, 5.41) is 3.12. The second-order valence-electron chi connectivity index (χ2n) is 5.93. The molecule has 0 amide bonds. The largest absolute Gasteiger partial charge is 0.292 e. The predicted octanol–water partition coefficient (Wildman–Crippen LogP) is 5.20. The normalized spacial score (nSPS) is 11.0. The molecule has 0 aliphatic heterocycles. The Morgan fingerprint density at radius 2 is 1.33 bits per heavy atom. The maximum Gasteiger partial charge on any atom is 0.182 e. The number of fused-ring (bicyclic) bond motifs is 3. The van der Waals surface area contributed by atoms with Crippen LogP contribution in [0.25, 0.3) is 21.7 Å². The molecule has 4 aromatic rings. The van der Waals surface area contributed by atoms with Crippen molar-refractivity contribution < 1.29 is 4.79 Å². The van der Waals surface area contributed by atoms with Gasteiger partial charge in [-0.15, -0.1) is 0 Å². The molecule has 0 bridgehead atoms. The van der Waals surface area contributed by atoms with E-state index < -0.39 is 0 Å². The number of nitrogens with zero attached hydrogens (tertiary/aromatic N) is 1. The number of pyridine rings is 1. The Bertz CT molecular complexity index is 1020. The molecule has 3 aromatic carbocycles. The first-order chi connectivity index (χ1) is 11.8. The van der Waals surface area contributed by atoms with Crippen molar-refractivity contribution in [2.75, 3.05) is 0 Å². The number of carbonyl (C=O) groups is 1. The summed E-state index contributed by atoms with van der Waals surface area (Å²) in [4.78, 5) is 17.5. The number of rotatable bonds is 4. The topological polar surface area (TPSA) is 30.0 Å². The highest BCUT2D eigenvalue weighted by molar-refractivity contribution is 6.14. The van der Waals surface area contributed by atoms with Gasteiger partial charge in [-0.25, -0.2) is 4.98 Å². The Balaban J connectivity index is 1.76. The summed E-state index contributed by atoms with van der Waals surface area (Å²) in [5.41, 5.74) is 2.63. The number of Topliss-reactive ketones (excluding diaryl/α,β-unsaturated/α-hetero) is 1. The third kappa shape index (κ3) is 2.67. The number of benzene rings is 3. The molecule has 2 heteroatoms. The molecular weight excluding hydrogens is 294 g/mol. The first kappa shape index (κ1) is 14.6. The van der Waals surface area contributed by atoms with Crippen LogP contribution in [0.15, 0.2) is 78.9 Å². The van der Waals surface area contributed by atoms with Crippen LogP contribution >= 0.6 is 0 Å². The minimum Gasteiger partial charge on any atom is -0.292 e. The third-order valence-electron chi connectivity index (χ3n) is 4.36. The number of ketones is 1. The van der Waals surface area contributed by atoms with Crippen LogP contribution in [0.2, 0.25) is 0 Å². The lowest BCUT2D eigenvalue weighted by atomic mass is 9.99. The van der Waals surface area contributed by atoms with Crippen LogP contribution in [-0.2, 0) is 6.42 Å². The molecule has 116 valence electrons. The minimum absolute atomic E-state index is 0.0980.